The molecule has 0 saturated heterocycles. The lowest BCUT2D eigenvalue weighted by atomic mass is 9.99. The van der Waals surface area contributed by atoms with E-state index in [2.05, 4.69) is 16.9 Å². The molecule has 0 spiro atoms. The van der Waals surface area contributed by atoms with Crippen molar-refractivity contribution in [3.63, 3.8) is 0 Å². The maximum Gasteiger partial charge on any atom is 0.293 e. The van der Waals surface area contributed by atoms with Crippen molar-refractivity contribution < 1.29 is 9.53 Å². The highest BCUT2D eigenvalue weighted by Crippen LogP contribution is 2.71. The summed E-state index contributed by atoms with van der Waals surface area (Å²) in [6.45, 7) is 5.09. The number of carbonyl (C=O) groups excluding carboxylic acids is 1. The van der Waals surface area contributed by atoms with E-state index in [9.17, 15) is 4.79 Å². The Bertz CT molecular complexity index is 428. The number of nitrogens with zero attached hydrogens (tertiary/aromatic N) is 3. The lowest BCUT2D eigenvalue weighted by Crippen LogP contribution is -2.21. The Hall–Kier alpha value is -1.55. The average Bonchev–Trinajstić information content (AvgIpc) is 3.26. The molecule has 2 rings (SSSR count). The first-order valence-corrected chi connectivity index (χ1v) is 6.67. The molecule has 2 saturated carbocycles. The molecule has 4 unspecified atom stereocenters. The molecular weight excluding hydrogens is 244 g/mol. The predicted molar refractivity (Wildman–Crippen MR) is 70.8 cm³/mol. The molecule has 2 fully saturated rings. The normalized spacial score (nSPS) is 35.7. The van der Waals surface area contributed by atoms with Crippen molar-refractivity contribution >= 4 is 12.7 Å². The standard InChI is InChI=1S/C13H20N4O2/c1-9(6-14)5-10-11(12(10,2)7-16-17-15)13(3-4-13)19-8-18/h6,8-11,14H,3-5,7H2,1-2H3. The van der Waals surface area contributed by atoms with Gasteiger partial charge in [0, 0.05) is 17.4 Å². The number of rotatable bonds is 8. The van der Waals surface area contributed by atoms with E-state index >= 15 is 0 Å². The van der Waals surface area contributed by atoms with Crippen molar-refractivity contribution in [3.05, 3.63) is 10.4 Å². The monoisotopic (exact) mass is 264 g/mol. The molecular formula is C13H20N4O2. The highest BCUT2D eigenvalue weighted by Gasteiger charge is 2.73. The van der Waals surface area contributed by atoms with Crippen molar-refractivity contribution in [2.45, 2.75) is 38.7 Å². The van der Waals surface area contributed by atoms with Crippen LogP contribution in [0.5, 0.6) is 0 Å². The largest absolute Gasteiger partial charge is 0.461 e. The molecule has 0 aromatic heterocycles. The average molecular weight is 264 g/mol. The van der Waals surface area contributed by atoms with E-state index in [4.69, 9.17) is 15.7 Å². The number of azide groups is 1. The third-order valence-corrected chi connectivity index (χ3v) is 4.83. The van der Waals surface area contributed by atoms with Crippen LogP contribution in [0.3, 0.4) is 0 Å². The summed E-state index contributed by atoms with van der Waals surface area (Å²) >= 11 is 0. The highest BCUT2D eigenvalue weighted by atomic mass is 16.5. The quantitative estimate of drug-likeness (QED) is 0.239. The molecule has 4 atom stereocenters. The summed E-state index contributed by atoms with van der Waals surface area (Å²) in [6, 6.07) is 0. The minimum absolute atomic E-state index is 0.0942. The van der Waals surface area contributed by atoms with Crippen LogP contribution >= 0.6 is 0 Å². The van der Waals surface area contributed by atoms with Crippen LogP contribution in [0.25, 0.3) is 10.4 Å². The summed E-state index contributed by atoms with van der Waals surface area (Å²) in [5, 5.41) is 11.0. The van der Waals surface area contributed by atoms with Gasteiger partial charge >= 0.3 is 0 Å². The fraction of sp³-hybridized carbons (Fsp3) is 0.846. The Morgan fingerprint density at radius 2 is 2.32 bits per heavy atom. The molecule has 0 bridgehead atoms. The summed E-state index contributed by atoms with van der Waals surface area (Å²) in [5.74, 6) is 0.822. The summed E-state index contributed by atoms with van der Waals surface area (Å²) in [7, 11) is 0. The lowest BCUT2D eigenvalue weighted by molar-refractivity contribution is -0.137. The van der Waals surface area contributed by atoms with Crippen LogP contribution in [0.15, 0.2) is 5.11 Å². The SMILES string of the molecule is CC(C=N)CC1C(C2(OC=O)CC2)C1(C)CN=[N+]=[N-]. The molecule has 2 aliphatic carbocycles. The fourth-order valence-corrected chi connectivity index (χ4v) is 3.62. The minimum atomic E-state index is -0.326. The Labute approximate surface area is 112 Å². The number of carbonyl (C=O) groups is 1. The van der Waals surface area contributed by atoms with Gasteiger partial charge in [-0.05, 0) is 48.3 Å². The molecule has 0 aliphatic heterocycles. The summed E-state index contributed by atoms with van der Waals surface area (Å²) in [5.41, 5.74) is 8.09. The molecule has 2 aliphatic rings. The first kappa shape index (κ1) is 13.9. The molecule has 1 N–H and O–H groups in total. The van der Waals surface area contributed by atoms with Crippen LogP contribution in [0, 0.1) is 28.6 Å². The van der Waals surface area contributed by atoms with Crippen LogP contribution in [0.2, 0.25) is 0 Å². The fourth-order valence-electron chi connectivity index (χ4n) is 3.62. The van der Waals surface area contributed by atoms with Crippen molar-refractivity contribution in [1.29, 1.82) is 5.41 Å². The molecule has 0 heterocycles. The second-order valence-corrected chi connectivity index (χ2v) is 6.14. The zero-order chi connectivity index (χ0) is 14.1. The second kappa shape index (κ2) is 4.85. The van der Waals surface area contributed by atoms with E-state index in [0.717, 1.165) is 19.3 Å². The third kappa shape index (κ3) is 2.32. The maximum absolute atomic E-state index is 10.7. The van der Waals surface area contributed by atoms with E-state index in [1.807, 2.05) is 6.92 Å². The Morgan fingerprint density at radius 3 is 2.79 bits per heavy atom. The maximum atomic E-state index is 10.7. The van der Waals surface area contributed by atoms with Crippen LogP contribution in [0.4, 0.5) is 0 Å². The van der Waals surface area contributed by atoms with Crippen LogP contribution in [0.1, 0.15) is 33.1 Å². The van der Waals surface area contributed by atoms with E-state index < -0.39 is 0 Å². The van der Waals surface area contributed by atoms with Gasteiger partial charge in [0.15, 0.2) is 0 Å². The second-order valence-electron chi connectivity index (χ2n) is 6.14. The van der Waals surface area contributed by atoms with Gasteiger partial charge in [-0.25, -0.2) is 0 Å². The van der Waals surface area contributed by atoms with E-state index in [-0.39, 0.29) is 22.9 Å². The van der Waals surface area contributed by atoms with Crippen molar-refractivity contribution in [1.82, 2.24) is 0 Å². The third-order valence-electron chi connectivity index (χ3n) is 4.83. The van der Waals surface area contributed by atoms with E-state index in [1.54, 1.807) is 0 Å². The van der Waals surface area contributed by atoms with Crippen LogP contribution < -0.4 is 0 Å². The zero-order valence-electron chi connectivity index (χ0n) is 11.4. The highest BCUT2D eigenvalue weighted by molar-refractivity contribution is 5.56. The zero-order valence-corrected chi connectivity index (χ0v) is 11.4. The number of nitrogens with one attached hydrogen (secondary N) is 1. The van der Waals surface area contributed by atoms with Gasteiger partial charge in [0.2, 0.25) is 0 Å². The molecule has 6 nitrogen and oxygen atoms in total. The van der Waals surface area contributed by atoms with Gasteiger partial charge in [0.1, 0.15) is 5.60 Å². The molecule has 0 aromatic rings. The van der Waals surface area contributed by atoms with Gasteiger partial charge in [-0.1, -0.05) is 19.0 Å². The number of hydrogen-bond donors (Lipinski definition) is 1. The molecule has 0 aromatic carbocycles. The van der Waals surface area contributed by atoms with Gasteiger partial charge in [0.05, 0.1) is 0 Å². The van der Waals surface area contributed by atoms with Crippen LogP contribution in [-0.4, -0.2) is 24.8 Å². The Kier molecular flexibility index (Phi) is 3.54. The van der Waals surface area contributed by atoms with Gasteiger partial charge in [-0.3, -0.25) is 4.79 Å². The summed E-state index contributed by atoms with van der Waals surface area (Å²) in [6.07, 6.45) is 4.13. The van der Waals surface area contributed by atoms with Crippen LogP contribution in [-0.2, 0) is 9.53 Å². The molecule has 19 heavy (non-hydrogen) atoms. The van der Waals surface area contributed by atoms with Gasteiger partial charge in [-0.2, -0.15) is 0 Å². The van der Waals surface area contributed by atoms with Gasteiger partial charge in [-0.15, -0.1) is 0 Å². The molecule has 104 valence electrons. The smallest absolute Gasteiger partial charge is 0.293 e. The van der Waals surface area contributed by atoms with E-state index in [0.29, 0.717) is 18.9 Å². The number of ether oxygens (including phenoxy) is 1. The Balaban J connectivity index is 2.13. The summed E-state index contributed by atoms with van der Waals surface area (Å²) in [4.78, 5) is 13.5. The van der Waals surface area contributed by atoms with Gasteiger partial charge in [0.25, 0.3) is 6.47 Å². The first-order valence-electron chi connectivity index (χ1n) is 6.67. The first-order chi connectivity index (χ1) is 9.04. The van der Waals surface area contributed by atoms with Gasteiger partial charge < -0.3 is 10.1 Å². The molecule has 0 amide bonds. The molecule has 6 heteroatoms. The summed E-state index contributed by atoms with van der Waals surface area (Å²) < 4.78 is 5.31. The van der Waals surface area contributed by atoms with Crippen molar-refractivity contribution in [3.8, 4) is 0 Å². The topological polar surface area (TPSA) is 98.9 Å². The number of hydrogen-bond acceptors (Lipinski definition) is 4. The van der Waals surface area contributed by atoms with Crippen molar-refractivity contribution in [2.75, 3.05) is 6.54 Å². The lowest BCUT2D eigenvalue weighted by Gasteiger charge is -2.16. The Morgan fingerprint density at radius 1 is 1.63 bits per heavy atom. The van der Waals surface area contributed by atoms with Crippen molar-refractivity contribution in [2.24, 2.45) is 28.3 Å². The van der Waals surface area contributed by atoms with E-state index in [1.165, 1.54) is 6.21 Å². The predicted octanol–water partition coefficient (Wildman–Crippen LogP) is 2.93. The minimum Gasteiger partial charge on any atom is -0.461 e. The molecule has 0 radical (unpaired) electrons.